The number of hydrogen-bond acceptors (Lipinski definition) is 3. The molecule has 18 heavy (non-hydrogen) atoms. The van der Waals surface area contributed by atoms with Crippen molar-refractivity contribution in [2.75, 3.05) is 26.2 Å². The van der Waals surface area contributed by atoms with Crippen LogP contribution >= 0.6 is 0 Å². The van der Waals surface area contributed by atoms with E-state index >= 15 is 0 Å². The highest BCUT2D eigenvalue weighted by molar-refractivity contribution is 5.76. The summed E-state index contributed by atoms with van der Waals surface area (Å²) in [6, 6.07) is 0.657. The van der Waals surface area contributed by atoms with Crippen LogP contribution in [0.5, 0.6) is 0 Å². The largest absolute Gasteiger partial charge is 0.341 e. The Hall–Kier alpha value is -0.610. The van der Waals surface area contributed by atoms with Gasteiger partial charge in [-0.2, -0.15) is 0 Å². The lowest BCUT2D eigenvalue weighted by Gasteiger charge is -2.26. The summed E-state index contributed by atoms with van der Waals surface area (Å²) in [5, 5.41) is 0. The van der Waals surface area contributed by atoms with Crippen molar-refractivity contribution in [3.05, 3.63) is 0 Å². The smallest absolute Gasteiger partial charge is 0.224 e. The molecule has 2 atom stereocenters. The maximum atomic E-state index is 12.3. The first-order valence-electron chi connectivity index (χ1n) is 7.48. The van der Waals surface area contributed by atoms with E-state index in [0.717, 1.165) is 38.9 Å². The van der Waals surface area contributed by atoms with Crippen LogP contribution < -0.4 is 5.73 Å². The lowest BCUT2D eigenvalue weighted by molar-refractivity contribution is -0.131. The van der Waals surface area contributed by atoms with E-state index in [2.05, 4.69) is 16.7 Å². The predicted molar refractivity (Wildman–Crippen MR) is 73.3 cm³/mol. The molecule has 2 aliphatic heterocycles. The average molecular weight is 253 g/mol. The fourth-order valence-corrected chi connectivity index (χ4v) is 3.26. The molecule has 0 aliphatic carbocycles. The summed E-state index contributed by atoms with van der Waals surface area (Å²) in [5.41, 5.74) is 5.98. The van der Waals surface area contributed by atoms with E-state index in [1.807, 2.05) is 0 Å². The number of fused-ring (bicyclic) bond motifs is 1. The molecule has 0 saturated carbocycles. The van der Waals surface area contributed by atoms with Gasteiger partial charge in [0.1, 0.15) is 0 Å². The minimum atomic E-state index is 0.0467. The molecular weight excluding hydrogens is 226 g/mol. The summed E-state index contributed by atoms with van der Waals surface area (Å²) < 4.78 is 0. The van der Waals surface area contributed by atoms with Crippen LogP contribution in [0.15, 0.2) is 0 Å². The van der Waals surface area contributed by atoms with Gasteiger partial charge in [0, 0.05) is 38.1 Å². The minimum absolute atomic E-state index is 0.0467. The molecular formula is C14H27N3O. The van der Waals surface area contributed by atoms with Crippen LogP contribution in [0, 0.1) is 0 Å². The lowest BCUT2D eigenvalue weighted by atomic mass is 10.1. The summed E-state index contributed by atoms with van der Waals surface area (Å²) in [6.45, 7) is 6.35. The number of amides is 1. The third-order valence-electron chi connectivity index (χ3n) is 4.25. The summed E-state index contributed by atoms with van der Waals surface area (Å²) >= 11 is 0. The molecule has 2 fully saturated rings. The van der Waals surface area contributed by atoms with E-state index in [4.69, 9.17) is 5.73 Å². The molecule has 0 aromatic heterocycles. The van der Waals surface area contributed by atoms with Gasteiger partial charge in [0.15, 0.2) is 0 Å². The zero-order valence-corrected chi connectivity index (χ0v) is 11.6. The Morgan fingerprint density at radius 2 is 2.11 bits per heavy atom. The molecule has 2 saturated heterocycles. The Bertz CT molecular complexity index is 282. The second kappa shape index (κ2) is 6.53. The van der Waals surface area contributed by atoms with Gasteiger partial charge in [-0.15, -0.1) is 0 Å². The summed E-state index contributed by atoms with van der Waals surface area (Å²) in [5.74, 6) is 0.268. The molecule has 0 aromatic rings. The lowest BCUT2D eigenvalue weighted by Crippen LogP contribution is -2.41. The first-order chi connectivity index (χ1) is 8.70. The normalized spacial score (nSPS) is 26.8. The standard InChI is InChI=1S/C14H27N3O/c1-2-5-12(15)10-14(18)17-9-4-8-16-7-3-6-13(16)11-17/h12-13H,2-11,15H2,1H3. The van der Waals surface area contributed by atoms with Crippen molar-refractivity contribution >= 4 is 5.91 Å². The number of hydrogen-bond donors (Lipinski definition) is 1. The molecule has 2 heterocycles. The fraction of sp³-hybridized carbons (Fsp3) is 0.929. The highest BCUT2D eigenvalue weighted by atomic mass is 16.2. The van der Waals surface area contributed by atoms with Crippen LogP contribution in [0.25, 0.3) is 0 Å². The van der Waals surface area contributed by atoms with Crippen molar-refractivity contribution in [2.24, 2.45) is 5.73 Å². The Labute approximate surface area is 110 Å². The predicted octanol–water partition coefficient (Wildman–Crippen LogP) is 1.20. The van der Waals surface area contributed by atoms with Crippen molar-refractivity contribution < 1.29 is 4.79 Å². The molecule has 0 radical (unpaired) electrons. The van der Waals surface area contributed by atoms with Crippen molar-refractivity contribution in [2.45, 2.75) is 57.5 Å². The Kier molecular flexibility index (Phi) is 5.01. The molecule has 0 bridgehead atoms. The van der Waals surface area contributed by atoms with Gasteiger partial charge in [-0.05, 0) is 32.2 Å². The first-order valence-corrected chi connectivity index (χ1v) is 7.48. The van der Waals surface area contributed by atoms with Gasteiger partial charge in [-0.1, -0.05) is 13.3 Å². The molecule has 2 N–H and O–H groups in total. The van der Waals surface area contributed by atoms with Crippen LogP contribution in [0.2, 0.25) is 0 Å². The van der Waals surface area contributed by atoms with E-state index in [1.54, 1.807) is 0 Å². The summed E-state index contributed by atoms with van der Waals surface area (Å²) in [4.78, 5) is 16.9. The number of nitrogens with zero attached hydrogens (tertiary/aromatic N) is 2. The minimum Gasteiger partial charge on any atom is -0.341 e. The third kappa shape index (κ3) is 3.45. The van der Waals surface area contributed by atoms with Crippen LogP contribution in [0.3, 0.4) is 0 Å². The maximum Gasteiger partial charge on any atom is 0.224 e. The third-order valence-corrected chi connectivity index (χ3v) is 4.25. The van der Waals surface area contributed by atoms with E-state index in [0.29, 0.717) is 12.5 Å². The number of nitrogens with two attached hydrogens (primary N) is 1. The number of carbonyl (C=O) groups is 1. The van der Waals surface area contributed by atoms with Gasteiger partial charge < -0.3 is 10.6 Å². The summed E-state index contributed by atoms with van der Waals surface area (Å²) in [7, 11) is 0. The number of carbonyl (C=O) groups excluding carboxylic acids is 1. The van der Waals surface area contributed by atoms with Gasteiger partial charge in [0.05, 0.1) is 0 Å². The van der Waals surface area contributed by atoms with E-state index in [1.165, 1.54) is 19.4 Å². The zero-order chi connectivity index (χ0) is 13.0. The molecule has 0 spiro atoms. The number of rotatable bonds is 4. The molecule has 4 nitrogen and oxygen atoms in total. The van der Waals surface area contributed by atoms with Crippen LogP contribution in [-0.2, 0) is 4.79 Å². The second-order valence-corrected chi connectivity index (χ2v) is 5.78. The quantitative estimate of drug-likeness (QED) is 0.819. The van der Waals surface area contributed by atoms with E-state index in [-0.39, 0.29) is 11.9 Å². The van der Waals surface area contributed by atoms with Gasteiger partial charge in [0.2, 0.25) is 5.91 Å². The Morgan fingerprint density at radius 3 is 2.89 bits per heavy atom. The average Bonchev–Trinajstić information content (AvgIpc) is 2.66. The van der Waals surface area contributed by atoms with Gasteiger partial charge in [-0.25, -0.2) is 0 Å². The van der Waals surface area contributed by atoms with Gasteiger partial charge >= 0.3 is 0 Å². The summed E-state index contributed by atoms with van der Waals surface area (Å²) in [6.07, 6.45) is 6.21. The molecule has 1 amide bonds. The second-order valence-electron chi connectivity index (χ2n) is 5.78. The molecule has 2 rings (SSSR count). The van der Waals surface area contributed by atoms with Crippen LogP contribution in [0.4, 0.5) is 0 Å². The SMILES string of the molecule is CCCC(N)CC(=O)N1CCCN2CCCC2C1. The highest BCUT2D eigenvalue weighted by Gasteiger charge is 2.30. The maximum absolute atomic E-state index is 12.3. The topological polar surface area (TPSA) is 49.6 Å². The van der Waals surface area contributed by atoms with Crippen LogP contribution in [0.1, 0.15) is 45.4 Å². The Morgan fingerprint density at radius 1 is 1.33 bits per heavy atom. The zero-order valence-electron chi connectivity index (χ0n) is 11.6. The van der Waals surface area contributed by atoms with E-state index < -0.39 is 0 Å². The van der Waals surface area contributed by atoms with E-state index in [9.17, 15) is 4.79 Å². The van der Waals surface area contributed by atoms with Crippen LogP contribution in [-0.4, -0.2) is 54.0 Å². The highest BCUT2D eigenvalue weighted by Crippen LogP contribution is 2.21. The molecule has 2 aliphatic rings. The molecule has 104 valence electrons. The monoisotopic (exact) mass is 253 g/mol. The van der Waals surface area contributed by atoms with Crippen molar-refractivity contribution in [1.82, 2.24) is 9.80 Å². The molecule has 4 heteroatoms. The Balaban J connectivity index is 1.85. The molecule has 2 unspecified atom stereocenters. The van der Waals surface area contributed by atoms with Gasteiger partial charge in [-0.3, -0.25) is 9.69 Å². The van der Waals surface area contributed by atoms with Crippen molar-refractivity contribution in [1.29, 1.82) is 0 Å². The van der Waals surface area contributed by atoms with Crippen molar-refractivity contribution in [3.63, 3.8) is 0 Å². The van der Waals surface area contributed by atoms with Crippen molar-refractivity contribution in [3.8, 4) is 0 Å². The van der Waals surface area contributed by atoms with Gasteiger partial charge in [0.25, 0.3) is 0 Å². The fourth-order valence-electron chi connectivity index (χ4n) is 3.26. The molecule has 0 aromatic carbocycles. The first kappa shape index (κ1) is 13.8.